The molecule has 0 fully saturated rings. The zero-order valence-corrected chi connectivity index (χ0v) is 15.7. The summed E-state index contributed by atoms with van der Waals surface area (Å²) in [5.41, 5.74) is 4.11. The molecule has 134 valence electrons. The number of nitrogens with zero attached hydrogens (tertiary/aromatic N) is 1. The maximum atomic E-state index is 13.7. The van der Waals surface area contributed by atoms with Crippen molar-refractivity contribution in [3.63, 3.8) is 0 Å². The summed E-state index contributed by atoms with van der Waals surface area (Å²) in [5.74, 6) is -0.935. The van der Waals surface area contributed by atoms with Gasteiger partial charge in [-0.3, -0.25) is 9.69 Å². The number of hydrogen-bond donors (Lipinski definition) is 1. The number of carboxylic acid groups (broad SMARTS) is 1. The monoisotopic (exact) mass is 395 g/mol. The number of rotatable bonds is 2. The largest absolute Gasteiger partial charge is 0.478 e. The SMILES string of the molecule is O=C(O)c1ccc2c(c1)C[C@@]1(C2)C(=O)N(c2ccsc2)c2cc(Cl)ccc21. The summed E-state index contributed by atoms with van der Waals surface area (Å²) in [7, 11) is 0. The standard InChI is InChI=1S/C21H14ClNO3S/c22-15-3-4-17-18(8-15)23(16-5-6-27-11-16)20(26)21(17)9-13-2-1-12(19(24)25)7-14(13)10-21/h1-8,11H,9-10H2,(H,24,25)/t21-/m1/s1. The Morgan fingerprint density at radius 1 is 1.11 bits per heavy atom. The van der Waals surface area contributed by atoms with E-state index in [0.29, 0.717) is 17.9 Å². The Bertz CT molecular complexity index is 1110. The van der Waals surface area contributed by atoms with Gasteiger partial charge in [0.1, 0.15) is 0 Å². The number of thiophene rings is 1. The lowest BCUT2D eigenvalue weighted by Gasteiger charge is -2.23. The van der Waals surface area contributed by atoms with Crippen LogP contribution in [0.5, 0.6) is 0 Å². The molecule has 0 saturated heterocycles. The molecule has 2 heterocycles. The molecule has 1 amide bonds. The van der Waals surface area contributed by atoms with Crippen LogP contribution < -0.4 is 4.90 Å². The van der Waals surface area contributed by atoms with Gasteiger partial charge in [0.25, 0.3) is 0 Å². The molecule has 1 N–H and O–H groups in total. The molecule has 1 aromatic heterocycles. The summed E-state index contributed by atoms with van der Waals surface area (Å²) in [4.78, 5) is 26.7. The lowest BCUT2D eigenvalue weighted by molar-refractivity contribution is -0.122. The molecule has 0 saturated carbocycles. The van der Waals surface area contributed by atoms with Gasteiger partial charge in [0, 0.05) is 10.4 Å². The molecule has 1 atom stereocenters. The average molecular weight is 396 g/mol. The molecule has 0 unspecified atom stereocenters. The maximum Gasteiger partial charge on any atom is 0.335 e. The van der Waals surface area contributed by atoms with Gasteiger partial charge in [-0.2, -0.15) is 11.3 Å². The number of hydrogen-bond acceptors (Lipinski definition) is 3. The van der Waals surface area contributed by atoms with E-state index in [9.17, 15) is 14.7 Å². The Labute approximate surface area is 164 Å². The van der Waals surface area contributed by atoms with Crippen molar-refractivity contribution in [2.45, 2.75) is 18.3 Å². The highest BCUT2D eigenvalue weighted by Crippen LogP contribution is 2.53. The predicted molar refractivity (Wildman–Crippen MR) is 105 cm³/mol. The molecular formula is C21H14ClNO3S. The Balaban J connectivity index is 1.67. The van der Waals surface area contributed by atoms with E-state index in [0.717, 1.165) is 28.1 Å². The first-order valence-corrected chi connectivity index (χ1v) is 9.83. The van der Waals surface area contributed by atoms with Crippen molar-refractivity contribution in [1.82, 2.24) is 0 Å². The van der Waals surface area contributed by atoms with Gasteiger partial charge < -0.3 is 5.11 Å². The molecule has 2 aliphatic rings. The van der Waals surface area contributed by atoms with Crippen LogP contribution >= 0.6 is 22.9 Å². The molecule has 5 rings (SSSR count). The van der Waals surface area contributed by atoms with Crippen LogP contribution in [0.2, 0.25) is 5.02 Å². The minimum absolute atomic E-state index is 0.0197. The second-order valence-electron chi connectivity index (χ2n) is 7.01. The van der Waals surface area contributed by atoms with Crippen LogP contribution in [0.1, 0.15) is 27.0 Å². The van der Waals surface area contributed by atoms with Crippen molar-refractivity contribution in [3.05, 3.63) is 80.5 Å². The number of benzene rings is 2. The van der Waals surface area contributed by atoms with Gasteiger partial charge in [-0.15, -0.1) is 0 Å². The minimum Gasteiger partial charge on any atom is -0.478 e. The third-order valence-corrected chi connectivity index (χ3v) is 6.44. The van der Waals surface area contributed by atoms with Crippen molar-refractivity contribution in [2.75, 3.05) is 4.90 Å². The van der Waals surface area contributed by atoms with E-state index in [4.69, 9.17) is 11.6 Å². The Hall–Kier alpha value is -2.63. The highest BCUT2D eigenvalue weighted by Gasteiger charge is 2.54. The first-order valence-electron chi connectivity index (χ1n) is 8.51. The second-order valence-corrected chi connectivity index (χ2v) is 8.22. The van der Waals surface area contributed by atoms with E-state index in [2.05, 4.69) is 0 Å². The highest BCUT2D eigenvalue weighted by molar-refractivity contribution is 7.08. The van der Waals surface area contributed by atoms with Crippen LogP contribution in [0, 0.1) is 0 Å². The van der Waals surface area contributed by atoms with Gasteiger partial charge in [0.05, 0.1) is 22.4 Å². The summed E-state index contributed by atoms with van der Waals surface area (Å²) >= 11 is 7.78. The third kappa shape index (κ3) is 2.28. The Morgan fingerprint density at radius 3 is 2.67 bits per heavy atom. The Morgan fingerprint density at radius 2 is 1.93 bits per heavy atom. The molecule has 0 bridgehead atoms. The second kappa shape index (κ2) is 5.68. The number of anilines is 2. The van der Waals surface area contributed by atoms with E-state index < -0.39 is 11.4 Å². The van der Waals surface area contributed by atoms with Gasteiger partial charge in [-0.05, 0) is 65.2 Å². The molecule has 2 aromatic carbocycles. The van der Waals surface area contributed by atoms with E-state index in [-0.39, 0.29) is 11.5 Å². The van der Waals surface area contributed by atoms with Gasteiger partial charge in [0.2, 0.25) is 5.91 Å². The van der Waals surface area contributed by atoms with Crippen molar-refractivity contribution in [3.8, 4) is 0 Å². The number of carboxylic acids is 1. The third-order valence-electron chi connectivity index (χ3n) is 5.53. The number of amides is 1. The molecule has 1 aliphatic heterocycles. The number of halogens is 1. The molecule has 1 aliphatic carbocycles. The summed E-state index contributed by atoms with van der Waals surface area (Å²) in [6, 6.07) is 12.7. The van der Waals surface area contributed by atoms with Crippen molar-refractivity contribution in [1.29, 1.82) is 0 Å². The molecule has 6 heteroatoms. The lowest BCUT2D eigenvalue weighted by atomic mass is 9.79. The molecule has 0 radical (unpaired) electrons. The van der Waals surface area contributed by atoms with Crippen LogP contribution in [0.15, 0.2) is 53.2 Å². The number of fused-ring (bicyclic) bond motifs is 3. The van der Waals surface area contributed by atoms with Gasteiger partial charge in [0.15, 0.2) is 0 Å². The minimum atomic E-state index is -0.955. The maximum absolute atomic E-state index is 13.7. The van der Waals surface area contributed by atoms with E-state index in [1.54, 1.807) is 17.0 Å². The predicted octanol–water partition coefficient (Wildman–Crippen LogP) is 4.81. The summed E-state index contributed by atoms with van der Waals surface area (Å²) < 4.78 is 0. The number of carbonyl (C=O) groups is 2. The fourth-order valence-electron chi connectivity index (χ4n) is 4.32. The molecule has 1 spiro atoms. The van der Waals surface area contributed by atoms with Crippen LogP contribution in [0.25, 0.3) is 0 Å². The summed E-state index contributed by atoms with van der Waals surface area (Å²) in [5, 5.41) is 13.8. The smallest absolute Gasteiger partial charge is 0.335 e. The molecule has 3 aromatic rings. The number of carbonyl (C=O) groups excluding carboxylic acids is 1. The first kappa shape index (κ1) is 16.5. The zero-order chi connectivity index (χ0) is 18.8. The first-order chi connectivity index (χ1) is 13.0. The van der Waals surface area contributed by atoms with Gasteiger partial charge in [-0.25, -0.2) is 4.79 Å². The highest BCUT2D eigenvalue weighted by atomic mass is 35.5. The molecule has 4 nitrogen and oxygen atoms in total. The van der Waals surface area contributed by atoms with E-state index in [1.165, 1.54) is 11.3 Å². The van der Waals surface area contributed by atoms with Crippen molar-refractivity contribution < 1.29 is 14.7 Å². The quantitative estimate of drug-likeness (QED) is 0.677. The van der Waals surface area contributed by atoms with Crippen molar-refractivity contribution in [2.24, 2.45) is 0 Å². The summed E-state index contributed by atoms with van der Waals surface area (Å²) in [6.45, 7) is 0. The van der Waals surface area contributed by atoms with Crippen LogP contribution in [0.3, 0.4) is 0 Å². The van der Waals surface area contributed by atoms with Crippen molar-refractivity contribution >= 4 is 46.2 Å². The number of aromatic carboxylic acids is 1. The van der Waals surface area contributed by atoms with Crippen LogP contribution in [0.4, 0.5) is 11.4 Å². The fraction of sp³-hybridized carbons (Fsp3) is 0.143. The van der Waals surface area contributed by atoms with E-state index >= 15 is 0 Å². The molecular weight excluding hydrogens is 382 g/mol. The zero-order valence-electron chi connectivity index (χ0n) is 14.1. The van der Waals surface area contributed by atoms with Crippen LogP contribution in [-0.2, 0) is 23.1 Å². The van der Waals surface area contributed by atoms with Gasteiger partial charge >= 0.3 is 5.97 Å². The van der Waals surface area contributed by atoms with E-state index in [1.807, 2.05) is 41.1 Å². The normalized spacial score (nSPS) is 20.2. The lowest BCUT2D eigenvalue weighted by Crippen LogP contribution is -2.39. The fourth-order valence-corrected chi connectivity index (χ4v) is 5.11. The van der Waals surface area contributed by atoms with Gasteiger partial charge in [-0.1, -0.05) is 23.7 Å². The average Bonchev–Trinajstić information content (AvgIpc) is 3.33. The topological polar surface area (TPSA) is 57.6 Å². The summed E-state index contributed by atoms with van der Waals surface area (Å²) in [6.07, 6.45) is 1.06. The van der Waals surface area contributed by atoms with Crippen LogP contribution in [-0.4, -0.2) is 17.0 Å². The Kier molecular flexibility index (Phi) is 3.48. The molecule has 27 heavy (non-hydrogen) atoms.